The maximum absolute atomic E-state index is 12.5. The Bertz CT molecular complexity index is 639. The fourth-order valence-electron chi connectivity index (χ4n) is 2.74. The van der Waals surface area contributed by atoms with Gasteiger partial charge in [-0.1, -0.05) is 0 Å². The van der Waals surface area contributed by atoms with E-state index < -0.39 is 17.4 Å². The molecule has 6 nitrogen and oxygen atoms in total. The second-order valence-corrected chi connectivity index (χ2v) is 5.40. The van der Waals surface area contributed by atoms with Crippen molar-refractivity contribution >= 4 is 23.5 Å². The molecule has 1 atom stereocenters. The third-order valence-corrected chi connectivity index (χ3v) is 3.97. The number of benzene rings is 1. The summed E-state index contributed by atoms with van der Waals surface area (Å²) in [6.45, 7) is 3.68. The number of likely N-dealkylation sites (N-methyl/N-ethyl adjacent to an activating group) is 1. The highest BCUT2D eigenvalue weighted by Gasteiger charge is 2.47. The van der Waals surface area contributed by atoms with E-state index in [1.165, 1.54) is 12.0 Å². The van der Waals surface area contributed by atoms with Gasteiger partial charge < -0.3 is 14.4 Å². The van der Waals surface area contributed by atoms with Crippen LogP contribution < -0.4 is 4.90 Å². The minimum absolute atomic E-state index is 0.0774. The first-order valence-corrected chi connectivity index (χ1v) is 7.01. The van der Waals surface area contributed by atoms with Crippen molar-refractivity contribution < 1.29 is 23.9 Å². The second kappa shape index (κ2) is 5.79. The molecule has 1 unspecified atom stereocenters. The molecule has 1 amide bonds. The topological polar surface area (TPSA) is 72.9 Å². The zero-order chi connectivity index (χ0) is 16.5. The van der Waals surface area contributed by atoms with Crippen LogP contribution in [0.3, 0.4) is 0 Å². The molecule has 0 radical (unpaired) electrons. The fourth-order valence-corrected chi connectivity index (χ4v) is 2.74. The molecule has 0 saturated carbocycles. The van der Waals surface area contributed by atoms with Crippen LogP contribution in [0.1, 0.15) is 36.2 Å². The van der Waals surface area contributed by atoms with Gasteiger partial charge in [0.1, 0.15) is 0 Å². The number of nitrogens with zero attached hydrogens (tertiary/aromatic N) is 1. The lowest BCUT2D eigenvalue weighted by molar-refractivity contribution is -0.144. The van der Waals surface area contributed by atoms with Crippen LogP contribution in [0.15, 0.2) is 18.2 Å². The molecule has 6 heteroatoms. The third kappa shape index (κ3) is 2.45. The molecule has 1 aliphatic rings. The van der Waals surface area contributed by atoms with E-state index in [4.69, 9.17) is 9.47 Å². The van der Waals surface area contributed by atoms with Crippen LogP contribution in [0.2, 0.25) is 0 Å². The molecule has 0 aliphatic carbocycles. The van der Waals surface area contributed by atoms with Gasteiger partial charge in [-0.15, -0.1) is 0 Å². The maximum Gasteiger partial charge on any atom is 0.338 e. The van der Waals surface area contributed by atoms with Gasteiger partial charge in [-0.25, -0.2) is 4.79 Å². The van der Waals surface area contributed by atoms with Crippen molar-refractivity contribution in [1.29, 1.82) is 0 Å². The lowest BCUT2D eigenvalue weighted by atomic mass is 9.80. The summed E-state index contributed by atoms with van der Waals surface area (Å²) in [4.78, 5) is 37.6. The molecule has 1 aliphatic heterocycles. The van der Waals surface area contributed by atoms with Gasteiger partial charge in [0.2, 0.25) is 5.91 Å². The highest BCUT2D eigenvalue weighted by atomic mass is 16.5. The molecule has 1 aromatic carbocycles. The van der Waals surface area contributed by atoms with Gasteiger partial charge in [-0.05, 0) is 37.6 Å². The number of esters is 2. The van der Waals surface area contributed by atoms with Crippen LogP contribution in [0.4, 0.5) is 5.69 Å². The summed E-state index contributed by atoms with van der Waals surface area (Å²) < 4.78 is 9.67. The van der Waals surface area contributed by atoms with Crippen molar-refractivity contribution in [2.24, 2.45) is 0 Å². The Balaban J connectivity index is 2.49. The Morgan fingerprint density at radius 3 is 2.59 bits per heavy atom. The summed E-state index contributed by atoms with van der Waals surface area (Å²) in [5.74, 6) is -1.12. The van der Waals surface area contributed by atoms with E-state index in [9.17, 15) is 14.4 Å². The first-order chi connectivity index (χ1) is 10.3. The van der Waals surface area contributed by atoms with Crippen LogP contribution in [-0.2, 0) is 24.5 Å². The first kappa shape index (κ1) is 16.0. The Hall–Kier alpha value is -2.37. The number of rotatable bonds is 4. The average molecular weight is 305 g/mol. The molecule has 0 N–H and O–H groups in total. The lowest BCUT2D eigenvalue weighted by Gasteiger charge is -2.21. The van der Waals surface area contributed by atoms with Crippen LogP contribution >= 0.6 is 0 Å². The zero-order valence-corrected chi connectivity index (χ0v) is 13.1. The van der Waals surface area contributed by atoms with Gasteiger partial charge in [0.15, 0.2) is 0 Å². The summed E-state index contributed by atoms with van der Waals surface area (Å²) >= 11 is 0. The van der Waals surface area contributed by atoms with Crippen LogP contribution in [0, 0.1) is 0 Å². The number of carbonyl (C=O) groups excluding carboxylic acids is 3. The van der Waals surface area contributed by atoms with Crippen molar-refractivity contribution in [3.05, 3.63) is 29.3 Å². The van der Waals surface area contributed by atoms with E-state index in [2.05, 4.69) is 0 Å². The highest BCUT2D eigenvalue weighted by Crippen LogP contribution is 2.43. The number of methoxy groups -OCH3 is 1. The molecule has 0 bridgehead atoms. The molecule has 0 saturated heterocycles. The van der Waals surface area contributed by atoms with Gasteiger partial charge >= 0.3 is 11.9 Å². The van der Waals surface area contributed by atoms with Crippen LogP contribution in [0.5, 0.6) is 0 Å². The largest absolute Gasteiger partial charge is 0.469 e. The molecular formula is C16H19NO5. The summed E-state index contributed by atoms with van der Waals surface area (Å²) in [5, 5.41) is 0. The van der Waals surface area contributed by atoms with Crippen molar-refractivity contribution in [2.75, 3.05) is 25.7 Å². The monoisotopic (exact) mass is 305 g/mol. The highest BCUT2D eigenvalue weighted by molar-refractivity contribution is 6.09. The van der Waals surface area contributed by atoms with Crippen molar-refractivity contribution in [1.82, 2.24) is 0 Å². The molecule has 1 aromatic rings. The minimum atomic E-state index is -1.04. The summed E-state index contributed by atoms with van der Waals surface area (Å²) in [7, 11) is 2.93. The molecule has 118 valence electrons. The maximum atomic E-state index is 12.5. The molecule has 0 aromatic heterocycles. The van der Waals surface area contributed by atoms with Crippen molar-refractivity contribution in [3.8, 4) is 0 Å². The summed E-state index contributed by atoms with van der Waals surface area (Å²) in [6, 6.07) is 4.93. The zero-order valence-electron chi connectivity index (χ0n) is 13.1. The number of fused-ring (bicyclic) bond motifs is 1. The number of hydrogen-bond acceptors (Lipinski definition) is 5. The van der Waals surface area contributed by atoms with Crippen molar-refractivity contribution in [3.63, 3.8) is 0 Å². The van der Waals surface area contributed by atoms with Crippen LogP contribution in [0.25, 0.3) is 0 Å². The van der Waals surface area contributed by atoms with Gasteiger partial charge in [0, 0.05) is 12.7 Å². The third-order valence-electron chi connectivity index (χ3n) is 3.97. The Morgan fingerprint density at radius 1 is 1.32 bits per heavy atom. The van der Waals surface area contributed by atoms with E-state index in [0.29, 0.717) is 16.8 Å². The SMILES string of the molecule is CCOC(=O)c1ccc2c(c1)C(C)(CC(=O)OC)C(=O)N2C. The quantitative estimate of drug-likeness (QED) is 0.791. The first-order valence-electron chi connectivity index (χ1n) is 7.01. The van der Waals surface area contributed by atoms with Gasteiger partial charge in [-0.2, -0.15) is 0 Å². The Morgan fingerprint density at radius 2 is 2.00 bits per heavy atom. The predicted octanol–water partition coefficient (Wildman–Crippen LogP) is 1.66. The number of ether oxygens (including phenoxy) is 2. The fraction of sp³-hybridized carbons (Fsp3) is 0.438. The molecule has 2 rings (SSSR count). The number of hydrogen-bond donors (Lipinski definition) is 0. The van der Waals surface area contributed by atoms with E-state index >= 15 is 0 Å². The lowest BCUT2D eigenvalue weighted by Crippen LogP contribution is -2.38. The van der Waals surface area contributed by atoms with Gasteiger partial charge in [-0.3, -0.25) is 9.59 Å². The standard InChI is InChI=1S/C16H19NO5/c1-5-22-14(19)10-6-7-12-11(8-10)16(2,9-13(18)21-4)15(20)17(12)3/h6-8H,5,9H2,1-4H3. The molecule has 0 spiro atoms. The minimum Gasteiger partial charge on any atom is -0.469 e. The number of carbonyl (C=O) groups is 3. The normalized spacial score (nSPS) is 19.8. The van der Waals surface area contributed by atoms with Gasteiger partial charge in [0.25, 0.3) is 0 Å². The molecule has 22 heavy (non-hydrogen) atoms. The predicted molar refractivity (Wildman–Crippen MR) is 79.8 cm³/mol. The van der Waals surface area contributed by atoms with E-state index in [1.54, 1.807) is 39.1 Å². The van der Waals surface area contributed by atoms with Crippen molar-refractivity contribution in [2.45, 2.75) is 25.7 Å². The molecule has 1 heterocycles. The summed E-state index contributed by atoms with van der Waals surface area (Å²) in [5.41, 5.74) is 0.639. The number of anilines is 1. The Kier molecular flexibility index (Phi) is 4.21. The van der Waals surface area contributed by atoms with Crippen LogP contribution in [-0.4, -0.2) is 38.6 Å². The van der Waals surface area contributed by atoms with E-state index in [0.717, 1.165) is 0 Å². The molecular weight excluding hydrogens is 286 g/mol. The average Bonchev–Trinajstić information content (AvgIpc) is 2.69. The molecule has 0 fully saturated rings. The van der Waals surface area contributed by atoms with E-state index in [-0.39, 0.29) is 18.9 Å². The smallest absolute Gasteiger partial charge is 0.338 e. The Labute approximate surface area is 129 Å². The number of amides is 1. The summed E-state index contributed by atoms with van der Waals surface area (Å²) in [6.07, 6.45) is -0.0774. The van der Waals surface area contributed by atoms with E-state index in [1.807, 2.05) is 0 Å². The second-order valence-electron chi connectivity index (χ2n) is 5.40. The van der Waals surface area contributed by atoms with Gasteiger partial charge in [0.05, 0.1) is 31.1 Å².